The van der Waals surface area contributed by atoms with Crippen LogP contribution in [0.15, 0.2) is 35.4 Å². The van der Waals surface area contributed by atoms with Gasteiger partial charge in [0.2, 0.25) is 10.0 Å². The van der Waals surface area contributed by atoms with Crippen molar-refractivity contribution in [3.8, 4) is 11.5 Å². The molecule has 1 fully saturated rings. The van der Waals surface area contributed by atoms with Crippen LogP contribution in [0.5, 0.6) is 11.5 Å². The molecule has 2 aromatic rings. The Labute approximate surface area is 198 Å². The van der Waals surface area contributed by atoms with Crippen molar-refractivity contribution in [2.24, 2.45) is 5.10 Å². The number of nitrogens with one attached hydrogen (secondary N) is 2. The van der Waals surface area contributed by atoms with Gasteiger partial charge in [0.05, 0.1) is 31.1 Å². The number of carbonyl (C=O) groups excluding carboxylic acids is 1. The van der Waals surface area contributed by atoms with E-state index in [0.29, 0.717) is 46.7 Å². The van der Waals surface area contributed by atoms with Gasteiger partial charge in [0.1, 0.15) is 11.5 Å². The summed E-state index contributed by atoms with van der Waals surface area (Å²) in [7, 11) is 0.944. The maximum Gasteiger partial charge on any atom is 0.337 e. The highest BCUT2D eigenvalue weighted by Crippen LogP contribution is 2.39. The fraction of sp³-hybridized carbons (Fsp3) is 0.391. The molecular formula is C23H27FN4O5S. The molecule has 0 bridgehead atoms. The monoisotopic (exact) mass is 490 g/mol. The van der Waals surface area contributed by atoms with Crippen LogP contribution in [0.25, 0.3) is 0 Å². The number of rotatable bonds is 6. The van der Waals surface area contributed by atoms with Crippen LogP contribution >= 0.6 is 0 Å². The number of ether oxygens (including phenoxy) is 2. The van der Waals surface area contributed by atoms with Crippen LogP contribution in [-0.2, 0) is 16.4 Å². The lowest BCUT2D eigenvalue weighted by molar-refractivity contribution is 0.184. The Kier molecular flexibility index (Phi) is 6.39. The van der Waals surface area contributed by atoms with Crippen LogP contribution in [0, 0.1) is 5.82 Å². The molecule has 1 unspecified atom stereocenters. The van der Waals surface area contributed by atoms with E-state index in [-0.39, 0.29) is 17.4 Å². The summed E-state index contributed by atoms with van der Waals surface area (Å²) >= 11 is 0. The summed E-state index contributed by atoms with van der Waals surface area (Å²) < 4.78 is 53.3. The molecule has 1 aliphatic heterocycles. The van der Waals surface area contributed by atoms with Gasteiger partial charge < -0.3 is 14.8 Å². The first-order chi connectivity index (χ1) is 16.2. The second-order valence-electron chi connectivity index (χ2n) is 8.27. The maximum atomic E-state index is 15.2. The molecule has 0 radical (unpaired) electrons. The van der Waals surface area contributed by atoms with E-state index in [1.165, 1.54) is 32.3 Å². The van der Waals surface area contributed by atoms with E-state index in [0.717, 1.165) is 0 Å². The summed E-state index contributed by atoms with van der Waals surface area (Å²) in [4.78, 5) is 12.6. The molecule has 2 aromatic carbocycles. The molecule has 9 nitrogen and oxygen atoms in total. The fourth-order valence-electron chi connectivity index (χ4n) is 3.97. The Balaban J connectivity index is 1.86. The minimum atomic E-state index is -3.42. The highest BCUT2D eigenvalue weighted by Gasteiger charge is 2.36. The Hall–Kier alpha value is -3.34. The second kappa shape index (κ2) is 9.13. The number of benzene rings is 2. The standard InChI is InChI=1S/C23H27FN4O5S/c1-13-11-17-18(24)12-19(32-3)22(33-4)20(17)21(26-28(13)23(29)25-2)14-5-7-15(8-6-14)27-34(30,31)16-9-10-16/h5-8,12-13,16,27H,9-11H2,1-4H3,(H,25,29). The van der Waals surface area contributed by atoms with Crippen molar-refractivity contribution < 1.29 is 27.1 Å². The topological polar surface area (TPSA) is 109 Å². The van der Waals surface area contributed by atoms with Crippen molar-refractivity contribution in [2.45, 2.75) is 37.5 Å². The van der Waals surface area contributed by atoms with E-state index in [1.54, 1.807) is 31.2 Å². The lowest BCUT2D eigenvalue weighted by atomic mass is 9.92. The number of hydrogen-bond acceptors (Lipinski definition) is 6. The lowest BCUT2D eigenvalue weighted by Gasteiger charge is -2.22. The molecule has 1 heterocycles. The summed E-state index contributed by atoms with van der Waals surface area (Å²) in [5.41, 5.74) is 1.97. The molecule has 2 amide bonds. The molecule has 0 aromatic heterocycles. The minimum absolute atomic E-state index is 0.196. The van der Waals surface area contributed by atoms with Gasteiger partial charge in [-0.3, -0.25) is 4.72 Å². The molecule has 4 rings (SSSR count). The van der Waals surface area contributed by atoms with Crippen molar-refractivity contribution in [3.05, 3.63) is 52.8 Å². The van der Waals surface area contributed by atoms with Gasteiger partial charge in [-0.1, -0.05) is 12.1 Å². The lowest BCUT2D eigenvalue weighted by Crippen LogP contribution is -2.41. The molecule has 11 heteroatoms. The molecule has 182 valence electrons. The number of nitrogens with zero attached hydrogens (tertiary/aromatic N) is 2. The summed E-state index contributed by atoms with van der Waals surface area (Å²) in [6, 6.07) is 6.92. The zero-order chi connectivity index (χ0) is 24.6. The van der Waals surface area contributed by atoms with Crippen LogP contribution in [0.1, 0.15) is 36.5 Å². The van der Waals surface area contributed by atoms with Gasteiger partial charge in [0.15, 0.2) is 11.5 Å². The van der Waals surface area contributed by atoms with Gasteiger partial charge in [0.25, 0.3) is 0 Å². The summed E-state index contributed by atoms with van der Waals surface area (Å²) in [6.07, 6.45) is 1.50. The summed E-state index contributed by atoms with van der Waals surface area (Å²) in [5, 5.41) is 8.08. The second-order valence-corrected chi connectivity index (χ2v) is 10.2. The number of halogens is 1. The minimum Gasteiger partial charge on any atom is -0.493 e. The van der Waals surface area contributed by atoms with E-state index >= 15 is 4.39 Å². The number of urea groups is 1. The van der Waals surface area contributed by atoms with Crippen LogP contribution in [0.3, 0.4) is 0 Å². The SMILES string of the molecule is CNC(=O)N1N=C(c2ccc(NS(=O)(=O)C3CC3)cc2)c2c(c(F)cc(OC)c2OC)CC1C. The van der Waals surface area contributed by atoms with Crippen LogP contribution in [0.2, 0.25) is 0 Å². The highest BCUT2D eigenvalue weighted by atomic mass is 32.2. The van der Waals surface area contributed by atoms with Crippen molar-refractivity contribution in [3.63, 3.8) is 0 Å². The number of carbonyl (C=O) groups is 1. The molecule has 0 spiro atoms. The third-order valence-electron chi connectivity index (χ3n) is 5.89. The molecule has 2 N–H and O–H groups in total. The predicted molar refractivity (Wildman–Crippen MR) is 127 cm³/mol. The fourth-order valence-corrected chi connectivity index (χ4v) is 5.36. The Morgan fingerprint density at radius 3 is 2.41 bits per heavy atom. The number of methoxy groups -OCH3 is 2. The molecule has 0 saturated heterocycles. The van der Waals surface area contributed by atoms with Crippen LogP contribution < -0.4 is 19.5 Å². The summed E-state index contributed by atoms with van der Waals surface area (Å²) in [6.45, 7) is 1.78. The van der Waals surface area contributed by atoms with Gasteiger partial charge in [-0.05, 0) is 38.3 Å². The molecule has 1 atom stereocenters. The number of fused-ring (bicyclic) bond motifs is 1. The maximum absolute atomic E-state index is 15.2. The highest BCUT2D eigenvalue weighted by molar-refractivity contribution is 7.93. The molecule has 34 heavy (non-hydrogen) atoms. The van der Waals surface area contributed by atoms with Gasteiger partial charge in [-0.2, -0.15) is 5.10 Å². The number of amides is 2. The van der Waals surface area contributed by atoms with Crippen molar-refractivity contribution >= 4 is 27.5 Å². The van der Waals surface area contributed by atoms with Crippen molar-refractivity contribution in [1.29, 1.82) is 0 Å². The third-order valence-corrected chi connectivity index (χ3v) is 7.76. The molecule has 2 aliphatic rings. The van der Waals surface area contributed by atoms with Crippen molar-refractivity contribution in [2.75, 3.05) is 26.0 Å². The van der Waals surface area contributed by atoms with E-state index < -0.39 is 27.9 Å². The smallest absolute Gasteiger partial charge is 0.337 e. The van der Waals surface area contributed by atoms with Gasteiger partial charge in [0, 0.05) is 29.9 Å². The normalized spacial score (nSPS) is 17.9. The molecule has 1 saturated carbocycles. The van der Waals surface area contributed by atoms with E-state index in [4.69, 9.17) is 9.47 Å². The Bertz CT molecular complexity index is 1240. The van der Waals surface area contributed by atoms with Crippen LogP contribution in [-0.4, -0.2) is 57.7 Å². The Morgan fingerprint density at radius 2 is 1.85 bits per heavy atom. The average molecular weight is 491 g/mol. The first kappa shape index (κ1) is 23.8. The first-order valence-electron chi connectivity index (χ1n) is 10.9. The van der Waals surface area contributed by atoms with E-state index in [9.17, 15) is 13.2 Å². The molecule has 1 aliphatic carbocycles. The number of hydrogen-bond donors (Lipinski definition) is 2. The largest absolute Gasteiger partial charge is 0.493 e. The number of hydrazone groups is 1. The van der Waals surface area contributed by atoms with E-state index in [1.807, 2.05) is 0 Å². The average Bonchev–Trinajstić information content (AvgIpc) is 3.67. The quantitative estimate of drug-likeness (QED) is 0.647. The molecular weight excluding hydrogens is 463 g/mol. The number of sulfonamides is 1. The third kappa shape index (κ3) is 4.39. The Morgan fingerprint density at radius 1 is 1.18 bits per heavy atom. The zero-order valence-electron chi connectivity index (χ0n) is 19.4. The van der Waals surface area contributed by atoms with E-state index in [2.05, 4.69) is 15.1 Å². The number of anilines is 1. The van der Waals surface area contributed by atoms with Crippen molar-refractivity contribution in [1.82, 2.24) is 10.3 Å². The summed E-state index contributed by atoms with van der Waals surface area (Å²) in [5.74, 6) is -0.0109. The first-order valence-corrected chi connectivity index (χ1v) is 12.4. The van der Waals surface area contributed by atoms with Gasteiger partial charge >= 0.3 is 6.03 Å². The zero-order valence-corrected chi connectivity index (χ0v) is 20.2. The van der Waals surface area contributed by atoms with Crippen LogP contribution in [0.4, 0.5) is 14.9 Å². The van der Waals surface area contributed by atoms with Gasteiger partial charge in [-0.15, -0.1) is 0 Å². The predicted octanol–water partition coefficient (Wildman–Crippen LogP) is 3.09. The van der Waals surface area contributed by atoms with Gasteiger partial charge in [-0.25, -0.2) is 22.6 Å².